The van der Waals surface area contributed by atoms with E-state index >= 15 is 0 Å². The third kappa shape index (κ3) is 3.45. The lowest BCUT2D eigenvalue weighted by atomic mass is 9.96. The van der Waals surface area contributed by atoms with Crippen molar-refractivity contribution in [1.82, 2.24) is 5.32 Å². The number of hydrogen-bond acceptors (Lipinski definition) is 3. The molecule has 3 heteroatoms. The van der Waals surface area contributed by atoms with Gasteiger partial charge in [-0.2, -0.15) is 0 Å². The maximum atomic E-state index is 10.4. The summed E-state index contributed by atoms with van der Waals surface area (Å²) in [5.41, 5.74) is 0.0836. The van der Waals surface area contributed by atoms with Crippen molar-refractivity contribution in [3.63, 3.8) is 0 Å². The van der Waals surface area contributed by atoms with Crippen LogP contribution in [0.15, 0.2) is 53.1 Å². The van der Waals surface area contributed by atoms with Gasteiger partial charge in [-0.3, -0.25) is 0 Å². The van der Waals surface area contributed by atoms with Crippen LogP contribution in [0.3, 0.4) is 0 Å². The summed E-state index contributed by atoms with van der Waals surface area (Å²) in [6, 6.07) is 13.5. The highest BCUT2D eigenvalue weighted by Gasteiger charge is 2.21. The molecule has 3 nitrogen and oxygen atoms in total. The third-order valence-corrected chi connectivity index (χ3v) is 2.99. The molecule has 0 amide bonds. The van der Waals surface area contributed by atoms with Crippen molar-refractivity contribution in [2.45, 2.75) is 18.9 Å². The Kier molecular flexibility index (Phi) is 4.18. The summed E-state index contributed by atoms with van der Waals surface area (Å²) < 4.78 is 5.25. The average molecular weight is 245 g/mol. The molecule has 2 N–H and O–H groups in total. The molecule has 0 saturated heterocycles. The molecule has 0 saturated carbocycles. The Morgan fingerprint density at radius 1 is 1.17 bits per heavy atom. The smallest absolute Gasteiger partial charge is 0.105 e. The van der Waals surface area contributed by atoms with Crippen LogP contribution < -0.4 is 5.32 Å². The first-order chi connectivity index (χ1) is 8.68. The molecular weight excluding hydrogens is 226 g/mol. The van der Waals surface area contributed by atoms with Gasteiger partial charge in [0.2, 0.25) is 0 Å². The highest BCUT2D eigenvalue weighted by molar-refractivity contribution is 5.21. The van der Waals surface area contributed by atoms with E-state index in [1.54, 1.807) is 6.26 Å². The van der Waals surface area contributed by atoms with E-state index in [0.29, 0.717) is 6.54 Å². The van der Waals surface area contributed by atoms with Gasteiger partial charge in [0, 0.05) is 19.5 Å². The van der Waals surface area contributed by atoms with Gasteiger partial charge in [0.05, 0.1) is 11.9 Å². The second kappa shape index (κ2) is 5.85. The molecule has 0 bridgehead atoms. The van der Waals surface area contributed by atoms with E-state index in [1.165, 1.54) is 0 Å². The first-order valence-corrected chi connectivity index (χ1v) is 6.19. The van der Waals surface area contributed by atoms with Crippen LogP contribution in [0.2, 0.25) is 0 Å². The van der Waals surface area contributed by atoms with E-state index < -0.39 is 5.60 Å². The van der Waals surface area contributed by atoms with Crippen molar-refractivity contribution in [2.24, 2.45) is 0 Å². The summed E-state index contributed by atoms with van der Waals surface area (Å²) in [6.07, 6.45) is 2.51. The summed E-state index contributed by atoms with van der Waals surface area (Å²) >= 11 is 0. The molecule has 1 aromatic heterocycles. The zero-order chi connectivity index (χ0) is 12.8. The van der Waals surface area contributed by atoms with Crippen molar-refractivity contribution in [2.75, 3.05) is 13.1 Å². The van der Waals surface area contributed by atoms with Gasteiger partial charge in [-0.15, -0.1) is 0 Å². The first kappa shape index (κ1) is 12.9. The Morgan fingerprint density at radius 3 is 2.61 bits per heavy atom. The van der Waals surface area contributed by atoms with Crippen molar-refractivity contribution in [3.8, 4) is 0 Å². The molecule has 1 atom stereocenters. The number of furan rings is 1. The number of nitrogens with one attached hydrogen (secondary N) is 1. The third-order valence-electron chi connectivity index (χ3n) is 2.99. The molecule has 1 aromatic carbocycles. The maximum Gasteiger partial charge on any atom is 0.105 e. The van der Waals surface area contributed by atoms with Gasteiger partial charge in [0.25, 0.3) is 0 Å². The Hall–Kier alpha value is -1.58. The SMILES string of the molecule is CC(O)(CNCCc1ccco1)c1ccccc1. The number of hydrogen-bond donors (Lipinski definition) is 2. The van der Waals surface area contributed by atoms with Crippen LogP contribution >= 0.6 is 0 Å². The predicted molar refractivity (Wildman–Crippen MR) is 71.3 cm³/mol. The molecule has 1 heterocycles. The Labute approximate surface area is 107 Å². The second-order valence-electron chi connectivity index (χ2n) is 4.65. The molecule has 1 unspecified atom stereocenters. The standard InChI is InChI=1S/C15H19NO2/c1-15(17,13-6-3-2-4-7-13)12-16-10-9-14-8-5-11-18-14/h2-8,11,16-17H,9-10,12H2,1H3. The number of rotatable bonds is 6. The van der Waals surface area contributed by atoms with Crippen molar-refractivity contribution >= 4 is 0 Å². The topological polar surface area (TPSA) is 45.4 Å². The Balaban J connectivity index is 1.79. The summed E-state index contributed by atoms with van der Waals surface area (Å²) in [5.74, 6) is 0.960. The van der Waals surface area contributed by atoms with Crippen LogP contribution in [0.1, 0.15) is 18.2 Å². The van der Waals surface area contributed by atoms with E-state index in [1.807, 2.05) is 49.4 Å². The lowest BCUT2D eigenvalue weighted by Gasteiger charge is -2.24. The van der Waals surface area contributed by atoms with Crippen LogP contribution in [0.25, 0.3) is 0 Å². The molecule has 0 fully saturated rings. The molecule has 2 aromatic rings. The normalized spacial score (nSPS) is 14.3. The molecule has 2 rings (SSSR count). The summed E-state index contributed by atoms with van der Waals surface area (Å²) in [6.45, 7) is 3.14. The zero-order valence-corrected chi connectivity index (χ0v) is 10.6. The van der Waals surface area contributed by atoms with E-state index in [-0.39, 0.29) is 0 Å². The van der Waals surface area contributed by atoms with E-state index in [0.717, 1.165) is 24.3 Å². The Morgan fingerprint density at radius 2 is 1.94 bits per heavy atom. The molecule has 0 spiro atoms. The van der Waals surface area contributed by atoms with Crippen LogP contribution in [-0.4, -0.2) is 18.2 Å². The lowest BCUT2D eigenvalue weighted by molar-refractivity contribution is 0.0572. The van der Waals surface area contributed by atoms with E-state index in [9.17, 15) is 5.11 Å². The summed E-state index contributed by atoms with van der Waals surface area (Å²) in [7, 11) is 0. The Bertz CT molecular complexity index is 449. The predicted octanol–water partition coefficient (Wildman–Crippen LogP) is 2.32. The monoisotopic (exact) mass is 245 g/mol. The van der Waals surface area contributed by atoms with Gasteiger partial charge in [0.15, 0.2) is 0 Å². The maximum absolute atomic E-state index is 10.4. The molecule has 0 aliphatic heterocycles. The largest absolute Gasteiger partial charge is 0.469 e. The highest BCUT2D eigenvalue weighted by Crippen LogP contribution is 2.18. The van der Waals surface area contributed by atoms with Crippen LogP contribution in [0, 0.1) is 0 Å². The van der Waals surface area contributed by atoms with Crippen LogP contribution in [0.5, 0.6) is 0 Å². The molecule has 0 aliphatic rings. The van der Waals surface area contributed by atoms with E-state index in [2.05, 4.69) is 5.32 Å². The second-order valence-corrected chi connectivity index (χ2v) is 4.65. The molecule has 0 radical (unpaired) electrons. The van der Waals surface area contributed by atoms with Gasteiger partial charge in [-0.05, 0) is 24.6 Å². The molecule has 0 aliphatic carbocycles. The van der Waals surface area contributed by atoms with Gasteiger partial charge in [-0.25, -0.2) is 0 Å². The quantitative estimate of drug-likeness (QED) is 0.768. The van der Waals surface area contributed by atoms with E-state index in [4.69, 9.17) is 4.42 Å². The van der Waals surface area contributed by atoms with Crippen molar-refractivity contribution in [3.05, 3.63) is 60.1 Å². The van der Waals surface area contributed by atoms with Crippen LogP contribution in [-0.2, 0) is 12.0 Å². The lowest BCUT2D eigenvalue weighted by Crippen LogP contribution is -2.36. The minimum absolute atomic E-state index is 0.526. The molecule has 18 heavy (non-hydrogen) atoms. The van der Waals surface area contributed by atoms with Gasteiger partial charge in [0.1, 0.15) is 5.76 Å². The fourth-order valence-corrected chi connectivity index (χ4v) is 1.90. The fraction of sp³-hybridized carbons (Fsp3) is 0.333. The average Bonchev–Trinajstić information content (AvgIpc) is 2.89. The molecular formula is C15H19NO2. The van der Waals surface area contributed by atoms with Gasteiger partial charge >= 0.3 is 0 Å². The number of benzene rings is 1. The molecule has 96 valence electrons. The minimum Gasteiger partial charge on any atom is -0.469 e. The highest BCUT2D eigenvalue weighted by atomic mass is 16.3. The van der Waals surface area contributed by atoms with Gasteiger partial charge < -0.3 is 14.8 Å². The minimum atomic E-state index is -0.843. The van der Waals surface area contributed by atoms with Crippen molar-refractivity contribution in [1.29, 1.82) is 0 Å². The summed E-state index contributed by atoms with van der Waals surface area (Å²) in [4.78, 5) is 0. The summed E-state index contributed by atoms with van der Waals surface area (Å²) in [5, 5.41) is 13.6. The van der Waals surface area contributed by atoms with Gasteiger partial charge in [-0.1, -0.05) is 30.3 Å². The zero-order valence-electron chi connectivity index (χ0n) is 10.6. The van der Waals surface area contributed by atoms with Crippen molar-refractivity contribution < 1.29 is 9.52 Å². The van der Waals surface area contributed by atoms with Crippen LogP contribution in [0.4, 0.5) is 0 Å². The first-order valence-electron chi connectivity index (χ1n) is 6.19. The number of aliphatic hydroxyl groups is 1. The fourth-order valence-electron chi connectivity index (χ4n) is 1.90.